The number of benzene rings is 1. The Kier molecular flexibility index (Phi) is 4.40. The van der Waals surface area contributed by atoms with Gasteiger partial charge in [0.2, 0.25) is 4.96 Å². The van der Waals surface area contributed by atoms with Crippen LogP contribution in [0.25, 0.3) is 4.96 Å². The normalized spacial score (nSPS) is 11.1. The fraction of sp³-hybridized carbons (Fsp3) is 0.357. The number of ether oxygens (including phenoxy) is 1. The summed E-state index contributed by atoms with van der Waals surface area (Å²) in [4.78, 5) is 0.866. The van der Waals surface area contributed by atoms with Gasteiger partial charge in [0.15, 0.2) is 5.82 Å². The van der Waals surface area contributed by atoms with Gasteiger partial charge in [-0.05, 0) is 23.4 Å². The molecule has 3 rings (SSSR count). The maximum absolute atomic E-state index is 5.17. The molecule has 0 aliphatic heterocycles. The number of hydrogen-bond acceptors (Lipinski definition) is 6. The Balaban J connectivity index is 1.78. The predicted molar refractivity (Wildman–Crippen MR) is 86.3 cm³/mol. The van der Waals surface area contributed by atoms with E-state index in [1.807, 2.05) is 28.4 Å². The minimum Gasteiger partial charge on any atom is -0.497 e. The average molecular weight is 320 g/mol. The summed E-state index contributed by atoms with van der Waals surface area (Å²) in [5.41, 5.74) is 1.21. The standard InChI is InChI=1S/C14H16N4OS2/c1-3-20-9-12-15-16-14-18(12)17-13(21-14)8-10-4-6-11(19-2)7-5-10/h4-7H,3,8-9H2,1-2H3. The maximum atomic E-state index is 5.17. The second-order valence-corrected chi connectivity index (χ2v) is 6.78. The molecule has 0 atom stereocenters. The van der Waals surface area contributed by atoms with Crippen LogP contribution in [0, 0.1) is 0 Å². The summed E-state index contributed by atoms with van der Waals surface area (Å²) >= 11 is 3.42. The molecule has 0 spiro atoms. The summed E-state index contributed by atoms with van der Waals surface area (Å²) in [7, 11) is 1.67. The Morgan fingerprint density at radius 1 is 1.24 bits per heavy atom. The highest BCUT2D eigenvalue weighted by atomic mass is 32.2. The van der Waals surface area contributed by atoms with Crippen molar-refractivity contribution in [3.8, 4) is 5.75 Å². The molecule has 110 valence electrons. The molecule has 2 heterocycles. The predicted octanol–water partition coefficient (Wildman–Crippen LogP) is 3.04. The molecule has 0 N–H and O–H groups in total. The highest BCUT2D eigenvalue weighted by molar-refractivity contribution is 7.98. The molecule has 0 saturated carbocycles. The van der Waals surface area contributed by atoms with Crippen LogP contribution in [0.1, 0.15) is 23.3 Å². The van der Waals surface area contributed by atoms with E-state index in [9.17, 15) is 0 Å². The van der Waals surface area contributed by atoms with Crippen molar-refractivity contribution >= 4 is 28.1 Å². The Morgan fingerprint density at radius 2 is 2.05 bits per heavy atom. The van der Waals surface area contributed by atoms with E-state index in [2.05, 4.69) is 34.4 Å². The number of fused-ring (bicyclic) bond motifs is 1. The third kappa shape index (κ3) is 3.19. The topological polar surface area (TPSA) is 52.3 Å². The van der Waals surface area contributed by atoms with Crippen LogP contribution in [0.15, 0.2) is 24.3 Å². The third-order valence-electron chi connectivity index (χ3n) is 3.05. The minimum atomic E-state index is 0.804. The molecule has 0 radical (unpaired) electrons. The molecule has 0 unspecified atom stereocenters. The van der Waals surface area contributed by atoms with Crippen LogP contribution in [-0.2, 0) is 12.2 Å². The van der Waals surface area contributed by atoms with Gasteiger partial charge in [-0.1, -0.05) is 30.4 Å². The first-order chi connectivity index (χ1) is 10.3. The fourth-order valence-electron chi connectivity index (χ4n) is 1.97. The Hall–Kier alpha value is -1.60. The Labute approximate surface area is 131 Å². The lowest BCUT2D eigenvalue weighted by molar-refractivity contribution is 0.414. The lowest BCUT2D eigenvalue weighted by atomic mass is 10.1. The Morgan fingerprint density at radius 3 is 2.76 bits per heavy atom. The van der Waals surface area contributed by atoms with Crippen molar-refractivity contribution in [2.75, 3.05) is 12.9 Å². The van der Waals surface area contributed by atoms with Gasteiger partial charge in [0.1, 0.15) is 10.8 Å². The maximum Gasteiger partial charge on any atom is 0.234 e. The van der Waals surface area contributed by atoms with Crippen LogP contribution in [-0.4, -0.2) is 32.7 Å². The van der Waals surface area contributed by atoms with Gasteiger partial charge in [-0.3, -0.25) is 0 Å². The second-order valence-electron chi connectivity index (χ2n) is 4.47. The van der Waals surface area contributed by atoms with Crippen molar-refractivity contribution in [2.24, 2.45) is 0 Å². The molecule has 0 aliphatic rings. The van der Waals surface area contributed by atoms with Crippen LogP contribution in [0.4, 0.5) is 0 Å². The van der Waals surface area contributed by atoms with Gasteiger partial charge >= 0.3 is 0 Å². The van der Waals surface area contributed by atoms with E-state index >= 15 is 0 Å². The van der Waals surface area contributed by atoms with E-state index in [4.69, 9.17) is 4.74 Å². The summed E-state index contributed by atoms with van der Waals surface area (Å²) < 4.78 is 7.04. The lowest BCUT2D eigenvalue weighted by Crippen LogP contribution is -1.96. The highest BCUT2D eigenvalue weighted by Gasteiger charge is 2.11. The molecular formula is C14H16N4OS2. The van der Waals surface area contributed by atoms with E-state index in [1.54, 1.807) is 18.4 Å². The lowest BCUT2D eigenvalue weighted by Gasteiger charge is -2.01. The van der Waals surface area contributed by atoms with Gasteiger partial charge in [0.25, 0.3) is 0 Å². The smallest absolute Gasteiger partial charge is 0.234 e. The number of rotatable bonds is 6. The summed E-state index contributed by atoms with van der Waals surface area (Å²) in [5.74, 6) is 3.71. The quantitative estimate of drug-likeness (QED) is 0.699. The molecule has 3 aromatic rings. The number of methoxy groups -OCH3 is 1. The van der Waals surface area contributed by atoms with E-state index in [-0.39, 0.29) is 0 Å². The zero-order valence-corrected chi connectivity index (χ0v) is 13.6. The Bertz CT molecular complexity index is 720. The highest BCUT2D eigenvalue weighted by Crippen LogP contribution is 2.20. The second kappa shape index (κ2) is 6.44. The first-order valence-electron chi connectivity index (χ1n) is 6.71. The monoisotopic (exact) mass is 320 g/mol. The fourth-order valence-corrected chi connectivity index (χ4v) is 3.42. The molecule has 0 amide bonds. The van der Waals surface area contributed by atoms with E-state index in [0.717, 1.165) is 39.5 Å². The first-order valence-corrected chi connectivity index (χ1v) is 8.68. The summed E-state index contributed by atoms with van der Waals surface area (Å²) in [6.07, 6.45) is 0.804. The van der Waals surface area contributed by atoms with Crippen molar-refractivity contribution in [1.82, 2.24) is 19.8 Å². The van der Waals surface area contributed by atoms with Crippen LogP contribution < -0.4 is 4.74 Å². The molecule has 21 heavy (non-hydrogen) atoms. The van der Waals surface area contributed by atoms with E-state index < -0.39 is 0 Å². The van der Waals surface area contributed by atoms with Gasteiger partial charge in [-0.25, -0.2) is 0 Å². The number of thioether (sulfide) groups is 1. The van der Waals surface area contributed by atoms with Crippen LogP contribution in [0.3, 0.4) is 0 Å². The number of aromatic nitrogens is 4. The van der Waals surface area contributed by atoms with Crippen molar-refractivity contribution in [3.63, 3.8) is 0 Å². The van der Waals surface area contributed by atoms with Gasteiger partial charge in [-0.15, -0.1) is 10.2 Å². The van der Waals surface area contributed by atoms with Crippen LogP contribution >= 0.6 is 23.1 Å². The van der Waals surface area contributed by atoms with Gasteiger partial charge in [0.05, 0.1) is 12.9 Å². The van der Waals surface area contributed by atoms with Crippen molar-refractivity contribution < 1.29 is 4.74 Å². The van der Waals surface area contributed by atoms with E-state index in [1.165, 1.54) is 5.56 Å². The van der Waals surface area contributed by atoms with Gasteiger partial charge in [-0.2, -0.15) is 21.4 Å². The summed E-state index contributed by atoms with van der Waals surface area (Å²) in [5, 5.41) is 14.1. The molecule has 7 heteroatoms. The summed E-state index contributed by atoms with van der Waals surface area (Å²) in [6, 6.07) is 8.07. The van der Waals surface area contributed by atoms with Gasteiger partial charge in [0, 0.05) is 6.42 Å². The molecular weight excluding hydrogens is 304 g/mol. The molecule has 0 aliphatic carbocycles. The van der Waals surface area contributed by atoms with E-state index in [0.29, 0.717) is 0 Å². The molecule has 5 nitrogen and oxygen atoms in total. The largest absolute Gasteiger partial charge is 0.497 e. The number of nitrogens with zero attached hydrogens (tertiary/aromatic N) is 4. The third-order valence-corrected chi connectivity index (χ3v) is 4.82. The molecule has 0 fully saturated rings. The summed E-state index contributed by atoms with van der Waals surface area (Å²) in [6.45, 7) is 2.14. The van der Waals surface area contributed by atoms with Crippen molar-refractivity contribution in [1.29, 1.82) is 0 Å². The average Bonchev–Trinajstić information content (AvgIpc) is 3.06. The first kappa shape index (κ1) is 14.3. The number of hydrogen-bond donors (Lipinski definition) is 0. The molecule has 2 aromatic heterocycles. The van der Waals surface area contributed by atoms with Crippen molar-refractivity contribution in [3.05, 3.63) is 40.7 Å². The SMILES string of the molecule is CCSCc1nnc2sc(Cc3ccc(OC)cc3)nn12. The minimum absolute atomic E-state index is 0.804. The van der Waals surface area contributed by atoms with Crippen LogP contribution in [0.2, 0.25) is 0 Å². The van der Waals surface area contributed by atoms with Gasteiger partial charge < -0.3 is 4.74 Å². The molecule has 1 aromatic carbocycles. The van der Waals surface area contributed by atoms with Crippen LogP contribution in [0.5, 0.6) is 5.75 Å². The zero-order valence-electron chi connectivity index (χ0n) is 11.9. The van der Waals surface area contributed by atoms with Crippen molar-refractivity contribution in [2.45, 2.75) is 19.1 Å². The zero-order chi connectivity index (χ0) is 14.7. The molecule has 0 bridgehead atoms. The molecule has 0 saturated heterocycles.